The zero-order valence-electron chi connectivity index (χ0n) is 15.1. The van der Waals surface area contributed by atoms with Crippen LogP contribution in [0.1, 0.15) is 17.9 Å². The summed E-state index contributed by atoms with van der Waals surface area (Å²) >= 11 is 3.07. The molecule has 1 aliphatic rings. The normalized spacial score (nSPS) is 18.3. The lowest BCUT2D eigenvalue weighted by Crippen LogP contribution is -2.31. The van der Waals surface area contributed by atoms with Crippen LogP contribution in [-0.4, -0.2) is 37.0 Å². The standard InChI is InChI=1S/C17H16BrF2NO6S2/c1-26-14-7-13(18)16(8-15(14)27-2)29(24,25)21-28(22,23)11-5-3-10(4-6-11)12-9-17(12,19)20/h3-8,12,21H,9H2,1-2H3. The minimum absolute atomic E-state index is 0.0594. The zero-order chi connectivity index (χ0) is 21.6. The molecule has 1 saturated carbocycles. The van der Waals surface area contributed by atoms with E-state index in [9.17, 15) is 25.6 Å². The Morgan fingerprint density at radius 3 is 2.00 bits per heavy atom. The number of methoxy groups -OCH3 is 2. The van der Waals surface area contributed by atoms with E-state index in [0.29, 0.717) is 5.56 Å². The molecule has 12 heteroatoms. The van der Waals surface area contributed by atoms with E-state index in [1.807, 2.05) is 0 Å². The number of halogens is 3. The molecule has 0 bridgehead atoms. The van der Waals surface area contributed by atoms with Crippen molar-refractivity contribution in [3.05, 3.63) is 46.4 Å². The number of hydrogen-bond donors (Lipinski definition) is 1. The Hall–Kier alpha value is -1.76. The highest BCUT2D eigenvalue weighted by Crippen LogP contribution is 2.55. The molecular formula is C17H16BrF2NO6S2. The Balaban J connectivity index is 1.90. The lowest BCUT2D eigenvalue weighted by Gasteiger charge is -2.13. The summed E-state index contributed by atoms with van der Waals surface area (Å²) in [6.07, 6.45) is -0.293. The lowest BCUT2D eigenvalue weighted by molar-refractivity contribution is 0.112. The maximum atomic E-state index is 13.1. The van der Waals surface area contributed by atoms with Crippen LogP contribution in [0, 0.1) is 0 Å². The van der Waals surface area contributed by atoms with E-state index in [0.717, 1.165) is 18.2 Å². The molecule has 0 aromatic heterocycles. The minimum Gasteiger partial charge on any atom is -0.493 e. The van der Waals surface area contributed by atoms with Crippen molar-refractivity contribution in [3.63, 3.8) is 0 Å². The quantitative estimate of drug-likeness (QED) is 0.612. The third-order valence-corrected chi connectivity index (χ3v) is 8.85. The van der Waals surface area contributed by atoms with Gasteiger partial charge in [-0.3, -0.25) is 0 Å². The molecule has 0 spiro atoms. The second kappa shape index (κ2) is 7.49. The second-order valence-corrected chi connectivity index (χ2v) is 10.8. The maximum Gasteiger partial charge on any atom is 0.255 e. The molecule has 158 valence electrons. The van der Waals surface area contributed by atoms with Crippen molar-refractivity contribution in [2.24, 2.45) is 0 Å². The summed E-state index contributed by atoms with van der Waals surface area (Å²) in [5.41, 5.74) is 0.291. The molecule has 7 nitrogen and oxygen atoms in total. The van der Waals surface area contributed by atoms with E-state index < -0.39 is 31.9 Å². The molecule has 0 amide bonds. The largest absolute Gasteiger partial charge is 0.493 e. The highest BCUT2D eigenvalue weighted by Gasteiger charge is 2.57. The third kappa shape index (κ3) is 4.39. The Bertz CT molecular complexity index is 1150. The van der Waals surface area contributed by atoms with Gasteiger partial charge in [0.2, 0.25) is 0 Å². The Labute approximate surface area is 175 Å². The summed E-state index contributed by atoms with van der Waals surface area (Å²) in [6.45, 7) is 0. The van der Waals surface area contributed by atoms with Crippen LogP contribution in [0.3, 0.4) is 0 Å². The summed E-state index contributed by atoms with van der Waals surface area (Å²) in [6, 6.07) is 7.11. The molecule has 2 aromatic carbocycles. The average Bonchev–Trinajstić information content (AvgIpc) is 3.28. The fraction of sp³-hybridized carbons (Fsp3) is 0.294. The fourth-order valence-electron chi connectivity index (χ4n) is 2.73. The SMILES string of the molecule is COc1cc(Br)c(S(=O)(=O)NS(=O)(=O)c2ccc(C3CC3(F)F)cc2)cc1OC. The molecule has 0 saturated heterocycles. The molecule has 0 heterocycles. The van der Waals surface area contributed by atoms with Gasteiger partial charge in [-0.2, -0.15) is 0 Å². The summed E-state index contributed by atoms with van der Waals surface area (Å²) in [4.78, 5) is -0.752. The number of nitrogens with one attached hydrogen (secondary N) is 1. The molecule has 0 aliphatic heterocycles. The predicted octanol–water partition coefficient (Wildman–Crippen LogP) is 3.26. The molecule has 1 N–H and O–H groups in total. The molecular weight excluding hydrogens is 496 g/mol. The smallest absolute Gasteiger partial charge is 0.255 e. The highest BCUT2D eigenvalue weighted by molar-refractivity contribution is 9.10. The Morgan fingerprint density at radius 1 is 1.00 bits per heavy atom. The van der Waals surface area contributed by atoms with Crippen LogP contribution in [0.25, 0.3) is 0 Å². The van der Waals surface area contributed by atoms with Crippen LogP contribution in [0.4, 0.5) is 8.78 Å². The highest BCUT2D eigenvalue weighted by atomic mass is 79.9. The number of ether oxygens (including phenoxy) is 2. The van der Waals surface area contributed by atoms with Gasteiger partial charge in [-0.1, -0.05) is 12.1 Å². The van der Waals surface area contributed by atoms with Crippen LogP contribution in [0.15, 0.2) is 50.7 Å². The molecule has 1 fully saturated rings. The first-order valence-electron chi connectivity index (χ1n) is 8.09. The number of benzene rings is 2. The minimum atomic E-state index is -4.53. The first-order valence-corrected chi connectivity index (χ1v) is 11.8. The number of alkyl halides is 2. The lowest BCUT2D eigenvalue weighted by atomic mass is 10.1. The summed E-state index contributed by atoms with van der Waals surface area (Å²) in [7, 11) is -6.35. The topological polar surface area (TPSA) is 98.8 Å². The molecule has 1 atom stereocenters. The van der Waals surface area contributed by atoms with Crippen LogP contribution >= 0.6 is 15.9 Å². The van der Waals surface area contributed by atoms with E-state index in [-0.39, 0.29) is 32.2 Å². The van der Waals surface area contributed by atoms with Crippen molar-refractivity contribution >= 4 is 36.0 Å². The monoisotopic (exact) mass is 511 g/mol. The van der Waals surface area contributed by atoms with E-state index in [1.54, 1.807) is 4.13 Å². The number of rotatable bonds is 7. The Morgan fingerprint density at radius 2 is 1.52 bits per heavy atom. The molecule has 0 radical (unpaired) electrons. The predicted molar refractivity (Wildman–Crippen MR) is 104 cm³/mol. The number of hydrogen-bond acceptors (Lipinski definition) is 6. The zero-order valence-corrected chi connectivity index (χ0v) is 18.4. The van der Waals surface area contributed by atoms with Gasteiger partial charge in [-0.15, -0.1) is 4.13 Å². The summed E-state index contributed by atoms with van der Waals surface area (Å²) in [5.74, 6) is -3.41. The first kappa shape index (κ1) is 21.9. The molecule has 2 aromatic rings. The van der Waals surface area contributed by atoms with E-state index in [1.165, 1.54) is 32.4 Å². The van der Waals surface area contributed by atoms with Crippen LogP contribution in [-0.2, 0) is 20.0 Å². The van der Waals surface area contributed by atoms with Crippen molar-refractivity contribution in [1.82, 2.24) is 4.13 Å². The number of sulfonamides is 2. The second-order valence-electron chi connectivity index (χ2n) is 6.31. The van der Waals surface area contributed by atoms with Gasteiger partial charge in [0, 0.05) is 17.0 Å². The molecule has 1 aliphatic carbocycles. The van der Waals surface area contributed by atoms with E-state index in [2.05, 4.69) is 15.9 Å². The van der Waals surface area contributed by atoms with Gasteiger partial charge in [-0.05, 0) is 39.7 Å². The van der Waals surface area contributed by atoms with Gasteiger partial charge in [0.05, 0.1) is 25.0 Å². The van der Waals surface area contributed by atoms with Crippen molar-refractivity contribution < 1.29 is 35.1 Å². The van der Waals surface area contributed by atoms with Crippen LogP contribution in [0.5, 0.6) is 11.5 Å². The van der Waals surface area contributed by atoms with Crippen molar-refractivity contribution in [2.75, 3.05) is 14.2 Å². The van der Waals surface area contributed by atoms with E-state index in [4.69, 9.17) is 9.47 Å². The maximum absolute atomic E-state index is 13.1. The summed E-state index contributed by atoms with van der Waals surface area (Å²) < 4.78 is 88.5. The van der Waals surface area contributed by atoms with Gasteiger partial charge >= 0.3 is 0 Å². The van der Waals surface area contributed by atoms with Crippen molar-refractivity contribution in [1.29, 1.82) is 0 Å². The Kier molecular flexibility index (Phi) is 5.67. The van der Waals surface area contributed by atoms with Crippen LogP contribution in [0.2, 0.25) is 0 Å². The van der Waals surface area contributed by atoms with Crippen molar-refractivity contribution in [3.8, 4) is 11.5 Å². The van der Waals surface area contributed by atoms with Gasteiger partial charge in [0.1, 0.15) is 4.90 Å². The summed E-state index contributed by atoms with van der Waals surface area (Å²) in [5, 5.41) is 0. The van der Waals surface area contributed by atoms with Gasteiger partial charge in [-0.25, -0.2) is 25.6 Å². The molecule has 3 rings (SSSR count). The molecule has 29 heavy (non-hydrogen) atoms. The average molecular weight is 512 g/mol. The van der Waals surface area contributed by atoms with Crippen molar-refractivity contribution in [2.45, 2.75) is 28.1 Å². The van der Waals surface area contributed by atoms with Gasteiger partial charge in [0.15, 0.2) is 11.5 Å². The van der Waals surface area contributed by atoms with E-state index >= 15 is 0 Å². The van der Waals surface area contributed by atoms with Gasteiger partial charge in [0.25, 0.3) is 26.0 Å². The fourth-order valence-corrected chi connectivity index (χ4v) is 6.67. The van der Waals surface area contributed by atoms with Gasteiger partial charge < -0.3 is 9.47 Å². The molecule has 1 unspecified atom stereocenters. The first-order chi connectivity index (χ1) is 13.4. The van der Waals surface area contributed by atoms with Crippen LogP contribution < -0.4 is 13.6 Å². The third-order valence-electron chi connectivity index (χ3n) is 4.37.